The zero-order valence-electron chi connectivity index (χ0n) is 19.0. The molecule has 35 heavy (non-hydrogen) atoms. The first-order chi connectivity index (χ1) is 17.0. The van der Waals surface area contributed by atoms with E-state index in [1.807, 2.05) is 31.2 Å². The number of carbonyl (C=O) groups excluding carboxylic acids is 2. The summed E-state index contributed by atoms with van der Waals surface area (Å²) in [5, 5.41) is 12.1. The third-order valence-electron chi connectivity index (χ3n) is 6.05. The van der Waals surface area contributed by atoms with Gasteiger partial charge in [0.2, 0.25) is 0 Å². The van der Waals surface area contributed by atoms with Crippen molar-refractivity contribution < 1.29 is 23.8 Å². The second-order valence-electron chi connectivity index (χ2n) is 8.31. The number of ether oxygens (including phenoxy) is 1. The minimum absolute atomic E-state index is 0.0637. The van der Waals surface area contributed by atoms with Crippen LogP contribution in [0.5, 0.6) is 5.75 Å². The monoisotopic (exact) mass is 470 g/mol. The van der Waals surface area contributed by atoms with Gasteiger partial charge in [0.1, 0.15) is 17.3 Å². The van der Waals surface area contributed by atoms with Gasteiger partial charge in [0.15, 0.2) is 0 Å². The number of nitrogens with zero attached hydrogens (tertiary/aromatic N) is 1. The number of benzene rings is 3. The molecular weight excluding hydrogens is 447 g/mol. The average molecular weight is 471 g/mol. The summed E-state index contributed by atoms with van der Waals surface area (Å²) >= 11 is 0. The lowest BCUT2D eigenvalue weighted by Crippen LogP contribution is -2.29. The topological polar surface area (TPSA) is 82.6 Å². The Morgan fingerprint density at radius 3 is 2.57 bits per heavy atom. The molecule has 4 aromatic rings. The summed E-state index contributed by atoms with van der Waals surface area (Å²) in [6.45, 7) is 2.56. The molecule has 0 aliphatic carbocycles. The van der Waals surface area contributed by atoms with Crippen molar-refractivity contribution >= 4 is 34.0 Å². The van der Waals surface area contributed by atoms with Crippen LogP contribution >= 0.6 is 0 Å². The standard InChI is InChI=1S/C28H23FN2O4/c1-2-14-35-20-12-10-17(11-13-20)26(32)24-25(22-16-30-23-9-4-3-8-21(22)23)31(28(34)27(24)33)19-7-5-6-18(29)15-19/h3-13,15-16,25,30,32H,2,14H2,1H3/b26-24+. The molecule has 3 aromatic carbocycles. The van der Waals surface area contributed by atoms with Crippen LogP contribution in [0.2, 0.25) is 0 Å². The van der Waals surface area contributed by atoms with Crippen LogP contribution < -0.4 is 9.64 Å². The molecular formula is C28H23FN2O4. The molecule has 1 saturated heterocycles. The van der Waals surface area contributed by atoms with E-state index in [0.717, 1.165) is 17.3 Å². The molecule has 1 aliphatic rings. The number of aliphatic hydroxyl groups is 1. The molecule has 1 amide bonds. The summed E-state index contributed by atoms with van der Waals surface area (Å²) < 4.78 is 19.7. The number of aromatic nitrogens is 1. The maximum Gasteiger partial charge on any atom is 0.300 e. The van der Waals surface area contributed by atoms with Gasteiger partial charge in [-0.05, 0) is 55.0 Å². The van der Waals surface area contributed by atoms with Gasteiger partial charge in [-0.15, -0.1) is 0 Å². The highest BCUT2D eigenvalue weighted by molar-refractivity contribution is 6.51. The van der Waals surface area contributed by atoms with Gasteiger partial charge in [-0.2, -0.15) is 0 Å². The number of H-pyrrole nitrogens is 1. The summed E-state index contributed by atoms with van der Waals surface area (Å²) in [4.78, 5) is 31.0. The zero-order chi connectivity index (χ0) is 24.5. The van der Waals surface area contributed by atoms with Crippen LogP contribution in [-0.4, -0.2) is 28.4 Å². The van der Waals surface area contributed by atoms with E-state index in [4.69, 9.17) is 4.74 Å². The van der Waals surface area contributed by atoms with Crippen molar-refractivity contribution in [3.63, 3.8) is 0 Å². The van der Waals surface area contributed by atoms with E-state index in [9.17, 15) is 19.1 Å². The molecule has 5 rings (SSSR count). The van der Waals surface area contributed by atoms with Crippen LogP contribution in [0.1, 0.15) is 30.5 Å². The summed E-state index contributed by atoms with van der Waals surface area (Å²) in [6.07, 6.45) is 2.57. The number of rotatable bonds is 6. The molecule has 1 atom stereocenters. The number of amides is 1. The summed E-state index contributed by atoms with van der Waals surface area (Å²) in [6, 6.07) is 18.7. The number of carbonyl (C=O) groups is 2. The Kier molecular flexibility index (Phi) is 5.82. The SMILES string of the molecule is CCCOc1ccc(/C(O)=C2\C(=O)C(=O)N(c3cccc(F)c3)C2c2c[nH]c3ccccc23)cc1. The maximum absolute atomic E-state index is 14.1. The molecule has 0 saturated carbocycles. The van der Waals surface area contributed by atoms with Gasteiger partial charge in [-0.3, -0.25) is 14.5 Å². The second-order valence-corrected chi connectivity index (χ2v) is 8.31. The number of anilines is 1. The predicted octanol–water partition coefficient (Wildman–Crippen LogP) is 5.72. The smallest absolute Gasteiger partial charge is 0.300 e. The third kappa shape index (κ3) is 3.95. The molecule has 7 heteroatoms. The quantitative estimate of drug-likeness (QED) is 0.214. The number of para-hydroxylation sites is 1. The van der Waals surface area contributed by atoms with Gasteiger partial charge in [-0.1, -0.05) is 31.2 Å². The number of nitrogens with one attached hydrogen (secondary N) is 1. The number of aromatic amines is 1. The number of halogens is 1. The van der Waals surface area contributed by atoms with Crippen LogP contribution in [0.15, 0.2) is 84.6 Å². The van der Waals surface area contributed by atoms with Crippen LogP contribution in [0.25, 0.3) is 16.7 Å². The number of aliphatic hydroxyl groups excluding tert-OH is 1. The number of Topliss-reactive ketones (excluding diaryl/α,β-unsaturated/α-hetero) is 1. The fourth-order valence-electron chi connectivity index (χ4n) is 4.42. The van der Waals surface area contributed by atoms with E-state index in [1.165, 1.54) is 23.1 Å². The van der Waals surface area contributed by atoms with E-state index in [1.54, 1.807) is 36.5 Å². The van der Waals surface area contributed by atoms with Crippen LogP contribution in [-0.2, 0) is 9.59 Å². The van der Waals surface area contributed by atoms with Crippen molar-refractivity contribution in [1.82, 2.24) is 4.98 Å². The predicted molar refractivity (Wildman–Crippen MR) is 132 cm³/mol. The Hall–Kier alpha value is -4.39. The van der Waals surface area contributed by atoms with Gasteiger partial charge < -0.3 is 14.8 Å². The Balaban J connectivity index is 1.69. The molecule has 0 spiro atoms. The fourth-order valence-corrected chi connectivity index (χ4v) is 4.42. The first kappa shape index (κ1) is 22.4. The Morgan fingerprint density at radius 1 is 1.06 bits per heavy atom. The van der Waals surface area contributed by atoms with Crippen molar-refractivity contribution in [3.8, 4) is 5.75 Å². The normalized spacial score (nSPS) is 17.3. The molecule has 0 radical (unpaired) electrons. The van der Waals surface area contributed by atoms with Gasteiger partial charge in [0, 0.05) is 33.9 Å². The highest BCUT2D eigenvalue weighted by Crippen LogP contribution is 2.44. The van der Waals surface area contributed by atoms with Gasteiger partial charge in [0.05, 0.1) is 18.2 Å². The Bertz CT molecular complexity index is 1460. The molecule has 1 fully saturated rings. The van der Waals surface area contributed by atoms with Crippen LogP contribution in [0.4, 0.5) is 10.1 Å². The molecule has 6 nitrogen and oxygen atoms in total. The molecule has 176 valence electrons. The van der Waals surface area contributed by atoms with E-state index >= 15 is 0 Å². The molecule has 1 aromatic heterocycles. The van der Waals surface area contributed by atoms with E-state index in [-0.39, 0.29) is 17.0 Å². The number of fused-ring (bicyclic) bond motifs is 1. The van der Waals surface area contributed by atoms with Crippen molar-refractivity contribution in [2.45, 2.75) is 19.4 Å². The van der Waals surface area contributed by atoms with E-state index in [0.29, 0.717) is 23.5 Å². The highest BCUT2D eigenvalue weighted by Gasteiger charge is 2.47. The van der Waals surface area contributed by atoms with Gasteiger partial charge in [-0.25, -0.2) is 4.39 Å². The second kappa shape index (κ2) is 9.10. The molecule has 0 bridgehead atoms. The van der Waals surface area contributed by atoms with E-state index in [2.05, 4.69) is 4.98 Å². The lowest BCUT2D eigenvalue weighted by molar-refractivity contribution is -0.132. The lowest BCUT2D eigenvalue weighted by atomic mass is 9.94. The zero-order valence-corrected chi connectivity index (χ0v) is 19.0. The minimum atomic E-state index is -0.955. The highest BCUT2D eigenvalue weighted by atomic mass is 19.1. The maximum atomic E-state index is 14.1. The third-order valence-corrected chi connectivity index (χ3v) is 6.05. The molecule has 1 aliphatic heterocycles. The first-order valence-electron chi connectivity index (χ1n) is 11.4. The van der Waals surface area contributed by atoms with Crippen molar-refractivity contribution in [2.75, 3.05) is 11.5 Å². The number of hydrogen-bond donors (Lipinski definition) is 2. The van der Waals surface area contributed by atoms with Crippen LogP contribution in [0, 0.1) is 5.82 Å². The Labute approximate surface area is 201 Å². The minimum Gasteiger partial charge on any atom is -0.507 e. The van der Waals surface area contributed by atoms with Crippen molar-refractivity contribution in [2.24, 2.45) is 0 Å². The largest absolute Gasteiger partial charge is 0.507 e. The summed E-state index contributed by atoms with van der Waals surface area (Å²) in [7, 11) is 0. The molecule has 2 heterocycles. The van der Waals surface area contributed by atoms with Gasteiger partial charge in [0.25, 0.3) is 11.7 Å². The number of ketones is 1. The number of hydrogen-bond acceptors (Lipinski definition) is 4. The summed E-state index contributed by atoms with van der Waals surface area (Å²) in [5.41, 5.74) is 1.96. The fraction of sp³-hybridized carbons (Fsp3) is 0.143. The lowest BCUT2D eigenvalue weighted by Gasteiger charge is -2.25. The van der Waals surface area contributed by atoms with Gasteiger partial charge >= 0.3 is 0 Å². The van der Waals surface area contributed by atoms with E-state index < -0.39 is 23.5 Å². The molecule has 2 N–H and O–H groups in total. The Morgan fingerprint density at radius 2 is 1.83 bits per heavy atom. The first-order valence-corrected chi connectivity index (χ1v) is 11.4. The molecule has 1 unspecified atom stereocenters. The van der Waals surface area contributed by atoms with Crippen LogP contribution in [0.3, 0.4) is 0 Å². The summed E-state index contributed by atoms with van der Waals surface area (Å²) in [5.74, 6) is -1.88. The average Bonchev–Trinajstić information content (AvgIpc) is 3.41. The van der Waals surface area contributed by atoms with Crippen molar-refractivity contribution in [1.29, 1.82) is 0 Å². The van der Waals surface area contributed by atoms with Crippen molar-refractivity contribution in [3.05, 3.63) is 102 Å².